The Morgan fingerprint density at radius 3 is 2.22 bits per heavy atom. The van der Waals surface area contributed by atoms with Crippen molar-refractivity contribution in [3.63, 3.8) is 0 Å². The number of rotatable bonds is 3. The molecular formula is C20H24N4O3. The molecule has 0 spiro atoms. The van der Waals surface area contributed by atoms with Crippen LogP contribution in [0.2, 0.25) is 0 Å². The van der Waals surface area contributed by atoms with Crippen LogP contribution in [0.1, 0.15) is 41.9 Å². The third-order valence-electron chi connectivity index (χ3n) is 5.49. The van der Waals surface area contributed by atoms with Crippen LogP contribution in [0.25, 0.3) is 11.5 Å². The highest BCUT2D eigenvalue weighted by Gasteiger charge is 2.30. The van der Waals surface area contributed by atoms with E-state index in [1.807, 2.05) is 21.9 Å². The number of carbonyl (C=O) groups excluding carboxylic acids is 2. The highest BCUT2D eigenvalue weighted by molar-refractivity contribution is 5.94. The van der Waals surface area contributed by atoms with Gasteiger partial charge in [-0.1, -0.05) is 18.0 Å². The number of hydrogen-bond acceptors (Lipinski definition) is 5. The van der Waals surface area contributed by atoms with E-state index in [-0.39, 0.29) is 17.7 Å². The molecule has 1 aromatic heterocycles. The number of amides is 2. The Balaban J connectivity index is 1.35. The van der Waals surface area contributed by atoms with Gasteiger partial charge in [-0.05, 0) is 44.0 Å². The Morgan fingerprint density at radius 1 is 1.00 bits per heavy atom. The first-order valence-electron chi connectivity index (χ1n) is 9.60. The number of benzene rings is 1. The highest BCUT2D eigenvalue weighted by Crippen LogP contribution is 2.27. The monoisotopic (exact) mass is 368 g/mol. The second-order valence-electron chi connectivity index (χ2n) is 7.32. The van der Waals surface area contributed by atoms with Gasteiger partial charge in [0, 0.05) is 43.2 Å². The third-order valence-corrected chi connectivity index (χ3v) is 5.49. The SMILES string of the molecule is Cc1noc(-c2ccc(C(=O)N3CCN(C(=O)C4CCCC4)CC3)cc2)n1. The number of piperazine rings is 1. The lowest BCUT2D eigenvalue weighted by molar-refractivity contribution is -0.136. The fourth-order valence-electron chi connectivity index (χ4n) is 3.91. The first-order valence-corrected chi connectivity index (χ1v) is 9.60. The van der Waals surface area contributed by atoms with Gasteiger partial charge in [0.2, 0.25) is 5.91 Å². The Labute approximate surface area is 158 Å². The summed E-state index contributed by atoms with van der Waals surface area (Å²) in [6.45, 7) is 4.19. The molecule has 27 heavy (non-hydrogen) atoms. The van der Waals surface area contributed by atoms with Gasteiger partial charge in [-0.2, -0.15) is 4.98 Å². The molecule has 2 aliphatic rings. The zero-order valence-electron chi connectivity index (χ0n) is 15.6. The van der Waals surface area contributed by atoms with Gasteiger partial charge in [-0.3, -0.25) is 9.59 Å². The van der Waals surface area contributed by atoms with Crippen LogP contribution < -0.4 is 0 Å². The molecule has 0 radical (unpaired) electrons. The van der Waals surface area contributed by atoms with Crippen molar-refractivity contribution in [2.75, 3.05) is 26.2 Å². The third kappa shape index (κ3) is 3.72. The summed E-state index contributed by atoms with van der Waals surface area (Å²) >= 11 is 0. The summed E-state index contributed by atoms with van der Waals surface area (Å²) in [5.41, 5.74) is 1.42. The topological polar surface area (TPSA) is 79.5 Å². The van der Waals surface area contributed by atoms with E-state index in [1.165, 1.54) is 0 Å². The van der Waals surface area contributed by atoms with Crippen molar-refractivity contribution in [2.45, 2.75) is 32.6 Å². The number of aryl methyl sites for hydroxylation is 1. The maximum absolute atomic E-state index is 12.8. The van der Waals surface area contributed by atoms with E-state index in [1.54, 1.807) is 19.1 Å². The molecule has 0 bridgehead atoms. The fourth-order valence-corrected chi connectivity index (χ4v) is 3.91. The van der Waals surface area contributed by atoms with Crippen molar-refractivity contribution < 1.29 is 14.1 Å². The molecule has 2 heterocycles. The number of nitrogens with zero attached hydrogens (tertiary/aromatic N) is 4. The predicted molar refractivity (Wildman–Crippen MR) is 98.9 cm³/mol. The molecule has 2 amide bonds. The Morgan fingerprint density at radius 2 is 1.63 bits per heavy atom. The van der Waals surface area contributed by atoms with Crippen molar-refractivity contribution in [1.29, 1.82) is 0 Å². The van der Waals surface area contributed by atoms with Gasteiger partial charge in [0.05, 0.1) is 0 Å². The van der Waals surface area contributed by atoms with Crippen LogP contribution in [0.4, 0.5) is 0 Å². The molecule has 142 valence electrons. The van der Waals surface area contributed by atoms with Crippen LogP contribution in [0.5, 0.6) is 0 Å². The van der Waals surface area contributed by atoms with E-state index in [4.69, 9.17) is 4.52 Å². The van der Waals surface area contributed by atoms with E-state index in [9.17, 15) is 9.59 Å². The summed E-state index contributed by atoms with van der Waals surface area (Å²) in [5.74, 6) is 1.50. The molecule has 1 saturated heterocycles. The standard InChI is InChI=1S/C20H24N4O3/c1-14-21-18(27-22-14)15-6-8-17(9-7-15)20(26)24-12-10-23(11-13-24)19(25)16-4-2-3-5-16/h6-9,16H,2-5,10-13H2,1H3. The Hall–Kier alpha value is -2.70. The van der Waals surface area contributed by atoms with Crippen LogP contribution in [-0.2, 0) is 4.79 Å². The molecule has 1 aromatic carbocycles. The first kappa shape index (κ1) is 17.7. The molecule has 7 heteroatoms. The second kappa shape index (κ2) is 7.50. The minimum absolute atomic E-state index is 0.00350. The average Bonchev–Trinajstić information content (AvgIpc) is 3.39. The lowest BCUT2D eigenvalue weighted by atomic mass is 10.1. The first-order chi connectivity index (χ1) is 13.1. The molecule has 2 aromatic rings. The summed E-state index contributed by atoms with van der Waals surface area (Å²) in [5, 5.41) is 3.78. The van der Waals surface area contributed by atoms with Crippen molar-refractivity contribution in [3.8, 4) is 11.5 Å². The van der Waals surface area contributed by atoms with E-state index in [0.717, 1.165) is 31.2 Å². The quantitative estimate of drug-likeness (QED) is 0.832. The van der Waals surface area contributed by atoms with E-state index in [2.05, 4.69) is 10.1 Å². The van der Waals surface area contributed by atoms with Crippen molar-refractivity contribution in [3.05, 3.63) is 35.7 Å². The van der Waals surface area contributed by atoms with Gasteiger partial charge in [-0.15, -0.1) is 0 Å². The smallest absolute Gasteiger partial charge is 0.257 e. The van der Waals surface area contributed by atoms with Crippen LogP contribution >= 0.6 is 0 Å². The number of carbonyl (C=O) groups is 2. The van der Waals surface area contributed by atoms with Crippen LogP contribution in [0.15, 0.2) is 28.8 Å². The normalized spacial score (nSPS) is 18.1. The summed E-state index contributed by atoms with van der Waals surface area (Å²) < 4.78 is 5.15. The summed E-state index contributed by atoms with van der Waals surface area (Å²) in [7, 11) is 0. The molecular weight excluding hydrogens is 344 g/mol. The molecule has 0 unspecified atom stereocenters. The fraction of sp³-hybridized carbons (Fsp3) is 0.500. The zero-order valence-corrected chi connectivity index (χ0v) is 15.6. The largest absolute Gasteiger partial charge is 0.339 e. The summed E-state index contributed by atoms with van der Waals surface area (Å²) in [6, 6.07) is 7.21. The second-order valence-corrected chi connectivity index (χ2v) is 7.32. The molecule has 2 fully saturated rings. The maximum Gasteiger partial charge on any atom is 0.257 e. The average molecular weight is 368 g/mol. The van der Waals surface area contributed by atoms with Crippen molar-refractivity contribution in [1.82, 2.24) is 19.9 Å². The van der Waals surface area contributed by atoms with Crippen molar-refractivity contribution in [2.24, 2.45) is 5.92 Å². The molecule has 4 rings (SSSR count). The Kier molecular flexibility index (Phi) is 4.92. The van der Waals surface area contributed by atoms with Crippen LogP contribution in [-0.4, -0.2) is 57.9 Å². The molecule has 7 nitrogen and oxygen atoms in total. The van der Waals surface area contributed by atoms with Crippen LogP contribution in [0, 0.1) is 12.8 Å². The number of hydrogen-bond donors (Lipinski definition) is 0. The van der Waals surface area contributed by atoms with Gasteiger partial charge in [0.25, 0.3) is 11.8 Å². The lowest BCUT2D eigenvalue weighted by Crippen LogP contribution is -2.51. The van der Waals surface area contributed by atoms with Gasteiger partial charge in [-0.25, -0.2) is 0 Å². The van der Waals surface area contributed by atoms with E-state index < -0.39 is 0 Å². The zero-order chi connectivity index (χ0) is 18.8. The predicted octanol–water partition coefficient (Wildman–Crippen LogP) is 2.52. The number of aromatic nitrogens is 2. The van der Waals surface area contributed by atoms with Gasteiger partial charge in [0.15, 0.2) is 5.82 Å². The molecule has 1 aliphatic heterocycles. The molecule has 0 N–H and O–H groups in total. The minimum atomic E-state index is -0.00350. The van der Waals surface area contributed by atoms with Gasteiger partial charge >= 0.3 is 0 Å². The molecule has 0 atom stereocenters. The van der Waals surface area contributed by atoms with Gasteiger partial charge in [0.1, 0.15) is 0 Å². The van der Waals surface area contributed by atoms with E-state index in [0.29, 0.717) is 43.5 Å². The molecule has 1 aliphatic carbocycles. The summed E-state index contributed by atoms with van der Waals surface area (Å²) in [4.78, 5) is 33.2. The maximum atomic E-state index is 12.8. The van der Waals surface area contributed by atoms with E-state index >= 15 is 0 Å². The van der Waals surface area contributed by atoms with Crippen LogP contribution in [0.3, 0.4) is 0 Å². The summed E-state index contributed by atoms with van der Waals surface area (Å²) in [6.07, 6.45) is 4.36. The van der Waals surface area contributed by atoms with Crippen molar-refractivity contribution >= 4 is 11.8 Å². The lowest BCUT2D eigenvalue weighted by Gasteiger charge is -2.36. The highest BCUT2D eigenvalue weighted by atomic mass is 16.5. The van der Waals surface area contributed by atoms with Gasteiger partial charge < -0.3 is 14.3 Å². The minimum Gasteiger partial charge on any atom is -0.339 e. The molecule has 1 saturated carbocycles. The Bertz CT molecular complexity index is 816.